The number of imidazole rings is 1. The first-order chi connectivity index (χ1) is 13.6. The number of nitrogens with one attached hydrogen (secondary N) is 2. The van der Waals surface area contributed by atoms with Gasteiger partial charge in [-0.3, -0.25) is 0 Å². The Morgan fingerprint density at radius 1 is 1.25 bits per heavy atom. The first-order valence-electron chi connectivity index (χ1n) is 8.74. The molecule has 0 aliphatic carbocycles. The van der Waals surface area contributed by atoms with Gasteiger partial charge in [0.25, 0.3) is 0 Å². The maximum absolute atomic E-state index is 6.47. The van der Waals surface area contributed by atoms with E-state index < -0.39 is 5.79 Å². The molecule has 2 heterocycles. The lowest BCUT2D eigenvalue weighted by Crippen LogP contribution is -2.33. The molecule has 146 valence electrons. The number of H-pyrrole nitrogens is 1. The fourth-order valence-corrected chi connectivity index (χ4v) is 3.75. The van der Waals surface area contributed by atoms with E-state index in [0.717, 1.165) is 17.3 Å². The third-order valence-corrected chi connectivity index (χ3v) is 5.06. The SMILES string of the molecule is COc1ccc(NC2COC(Cc3ncc[nH]3)(c3ccc(Cl)cc3Cl)O2)cc1. The second kappa shape index (κ2) is 8.01. The Hall–Kier alpha value is -2.25. The molecular weight excluding hydrogens is 401 g/mol. The second-order valence-corrected chi connectivity index (χ2v) is 7.22. The van der Waals surface area contributed by atoms with Gasteiger partial charge in [-0.2, -0.15) is 0 Å². The van der Waals surface area contributed by atoms with Crippen molar-refractivity contribution in [3.8, 4) is 5.75 Å². The molecule has 1 aliphatic rings. The van der Waals surface area contributed by atoms with E-state index in [1.807, 2.05) is 30.3 Å². The maximum Gasteiger partial charge on any atom is 0.205 e. The maximum atomic E-state index is 6.47. The zero-order chi connectivity index (χ0) is 19.6. The second-order valence-electron chi connectivity index (χ2n) is 6.38. The summed E-state index contributed by atoms with van der Waals surface area (Å²) >= 11 is 12.5. The number of aromatic amines is 1. The van der Waals surface area contributed by atoms with E-state index in [1.165, 1.54) is 0 Å². The van der Waals surface area contributed by atoms with E-state index >= 15 is 0 Å². The van der Waals surface area contributed by atoms with Crippen LogP contribution in [0.25, 0.3) is 0 Å². The highest BCUT2D eigenvalue weighted by molar-refractivity contribution is 6.35. The predicted octanol–water partition coefficient (Wildman–Crippen LogP) is 4.61. The van der Waals surface area contributed by atoms with E-state index in [0.29, 0.717) is 28.6 Å². The number of nitrogens with zero attached hydrogens (tertiary/aromatic N) is 1. The Kier molecular flexibility index (Phi) is 5.46. The van der Waals surface area contributed by atoms with Gasteiger partial charge in [0.2, 0.25) is 5.79 Å². The summed E-state index contributed by atoms with van der Waals surface area (Å²) in [7, 11) is 1.63. The Bertz CT molecular complexity index is 934. The van der Waals surface area contributed by atoms with Crippen LogP contribution in [0.5, 0.6) is 5.75 Å². The summed E-state index contributed by atoms with van der Waals surface area (Å²) in [6.45, 7) is 0.339. The Morgan fingerprint density at radius 3 is 2.75 bits per heavy atom. The molecule has 3 aromatic rings. The van der Waals surface area contributed by atoms with Crippen LogP contribution in [-0.4, -0.2) is 29.9 Å². The zero-order valence-corrected chi connectivity index (χ0v) is 16.6. The number of benzene rings is 2. The Labute approximate surface area is 172 Å². The lowest BCUT2D eigenvalue weighted by atomic mass is 10.0. The molecular formula is C20H19Cl2N3O3. The van der Waals surface area contributed by atoms with Gasteiger partial charge in [-0.1, -0.05) is 29.3 Å². The Balaban J connectivity index is 1.59. The van der Waals surface area contributed by atoms with Crippen LogP contribution in [0.15, 0.2) is 54.9 Å². The highest BCUT2D eigenvalue weighted by Gasteiger charge is 2.45. The summed E-state index contributed by atoms with van der Waals surface area (Å²) in [5.41, 5.74) is 1.60. The molecule has 2 unspecified atom stereocenters. The largest absolute Gasteiger partial charge is 0.497 e. The van der Waals surface area contributed by atoms with Crippen LogP contribution in [0, 0.1) is 0 Å². The smallest absolute Gasteiger partial charge is 0.205 e. The van der Waals surface area contributed by atoms with E-state index in [2.05, 4.69) is 15.3 Å². The summed E-state index contributed by atoms with van der Waals surface area (Å²) < 4.78 is 17.7. The molecule has 1 fully saturated rings. The minimum Gasteiger partial charge on any atom is -0.497 e. The zero-order valence-electron chi connectivity index (χ0n) is 15.1. The van der Waals surface area contributed by atoms with Gasteiger partial charge in [-0.05, 0) is 36.4 Å². The van der Waals surface area contributed by atoms with Gasteiger partial charge >= 0.3 is 0 Å². The van der Waals surface area contributed by atoms with Gasteiger partial charge in [-0.25, -0.2) is 4.98 Å². The standard InChI is InChI=1S/C20H19Cl2N3O3/c1-26-15-5-3-14(4-6-15)25-19-12-27-20(28-19,11-18-23-8-9-24-18)16-7-2-13(21)10-17(16)22/h2-10,19,25H,11-12H2,1H3,(H,23,24). The van der Waals surface area contributed by atoms with Crippen LogP contribution in [0.3, 0.4) is 0 Å². The van der Waals surface area contributed by atoms with Crippen molar-refractivity contribution >= 4 is 28.9 Å². The molecule has 1 aliphatic heterocycles. The van der Waals surface area contributed by atoms with Crippen molar-refractivity contribution < 1.29 is 14.2 Å². The van der Waals surface area contributed by atoms with Gasteiger partial charge in [0, 0.05) is 28.7 Å². The molecule has 1 aromatic heterocycles. The number of methoxy groups -OCH3 is 1. The third-order valence-electron chi connectivity index (χ3n) is 4.51. The molecule has 0 radical (unpaired) electrons. The number of hydrogen-bond donors (Lipinski definition) is 2. The number of anilines is 1. The fourth-order valence-electron chi connectivity index (χ4n) is 3.20. The van der Waals surface area contributed by atoms with Crippen molar-refractivity contribution in [3.05, 3.63) is 76.3 Å². The summed E-state index contributed by atoms with van der Waals surface area (Å²) in [4.78, 5) is 7.40. The molecule has 1 saturated heterocycles. The molecule has 2 aromatic carbocycles. The number of aromatic nitrogens is 2. The van der Waals surface area contributed by atoms with Crippen LogP contribution in [-0.2, 0) is 21.7 Å². The van der Waals surface area contributed by atoms with Gasteiger partial charge < -0.3 is 24.5 Å². The summed E-state index contributed by atoms with van der Waals surface area (Å²) in [5, 5.41) is 4.35. The van der Waals surface area contributed by atoms with Crippen LogP contribution in [0.2, 0.25) is 10.0 Å². The van der Waals surface area contributed by atoms with E-state index in [1.54, 1.807) is 31.6 Å². The normalized spacial score (nSPS) is 21.6. The van der Waals surface area contributed by atoms with E-state index in [9.17, 15) is 0 Å². The van der Waals surface area contributed by atoms with Gasteiger partial charge in [0.1, 0.15) is 11.6 Å². The predicted molar refractivity (Wildman–Crippen MR) is 108 cm³/mol. The van der Waals surface area contributed by atoms with Gasteiger partial charge in [0.05, 0.1) is 25.2 Å². The first kappa shape index (κ1) is 19.1. The van der Waals surface area contributed by atoms with Crippen LogP contribution in [0.1, 0.15) is 11.4 Å². The number of halogens is 2. The molecule has 0 spiro atoms. The molecule has 2 atom stereocenters. The monoisotopic (exact) mass is 419 g/mol. The molecule has 0 bridgehead atoms. The molecule has 2 N–H and O–H groups in total. The quantitative estimate of drug-likeness (QED) is 0.610. The number of hydrogen-bond acceptors (Lipinski definition) is 5. The van der Waals surface area contributed by atoms with Gasteiger partial charge in [-0.15, -0.1) is 0 Å². The summed E-state index contributed by atoms with van der Waals surface area (Å²) in [6.07, 6.45) is 3.46. The van der Waals surface area contributed by atoms with Crippen LogP contribution < -0.4 is 10.1 Å². The van der Waals surface area contributed by atoms with E-state index in [-0.39, 0.29) is 6.23 Å². The molecule has 28 heavy (non-hydrogen) atoms. The van der Waals surface area contributed by atoms with Crippen molar-refractivity contribution in [2.24, 2.45) is 0 Å². The number of ether oxygens (including phenoxy) is 3. The minimum atomic E-state index is -1.08. The highest BCUT2D eigenvalue weighted by Crippen LogP contribution is 2.41. The topological polar surface area (TPSA) is 68.4 Å². The average Bonchev–Trinajstić information content (AvgIpc) is 3.33. The van der Waals surface area contributed by atoms with Crippen molar-refractivity contribution in [1.29, 1.82) is 0 Å². The third kappa shape index (κ3) is 3.95. The molecule has 0 saturated carbocycles. The van der Waals surface area contributed by atoms with Gasteiger partial charge in [0.15, 0.2) is 6.23 Å². The summed E-state index contributed by atoms with van der Waals surface area (Å²) in [6, 6.07) is 12.9. The van der Waals surface area contributed by atoms with Crippen molar-refractivity contribution in [2.45, 2.75) is 18.4 Å². The lowest BCUT2D eigenvalue weighted by Gasteiger charge is -2.29. The Morgan fingerprint density at radius 2 is 2.07 bits per heavy atom. The van der Waals surface area contributed by atoms with Crippen molar-refractivity contribution in [2.75, 3.05) is 19.0 Å². The fraction of sp³-hybridized carbons (Fsp3) is 0.250. The highest BCUT2D eigenvalue weighted by atomic mass is 35.5. The van der Waals surface area contributed by atoms with Crippen molar-refractivity contribution in [3.63, 3.8) is 0 Å². The lowest BCUT2D eigenvalue weighted by molar-refractivity contribution is -0.174. The molecule has 0 amide bonds. The van der Waals surface area contributed by atoms with Crippen LogP contribution >= 0.6 is 23.2 Å². The number of rotatable bonds is 6. The molecule has 6 nitrogen and oxygen atoms in total. The van der Waals surface area contributed by atoms with Crippen molar-refractivity contribution in [1.82, 2.24) is 9.97 Å². The molecule has 8 heteroatoms. The first-order valence-corrected chi connectivity index (χ1v) is 9.50. The average molecular weight is 420 g/mol. The summed E-state index contributed by atoms with van der Waals surface area (Å²) in [5.74, 6) is 0.439. The minimum absolute atomic E-state index is 0.339. The van der Waals surface area contributed by atoms with E-state index in [4.69, 9.17) is 37.4 Å². The molecule has 4 rings (SSSR count). The van der Waals surface area contributed by atoms with Crippen LogP contribution in [0.4, 0.5) is 5.69 Å².